The van der Waals surface area contributed by atoms with Gasteiger partial charge in [0.25, 0.3) is 15.9 Å². The first kappa shape index (κ1) is 24.8. The fourth-order valence-corrected chi connectivity index (χ4v) is 4.19. The highest BCUT2D eigenvalue weighted by Crippen LogP contribution is 2.22. The van der Waals surface area contributed by atoms with Gasteiger partial charge in [-0.2, -0.15) is 0 Å². The molecule has 34 heavy (non-hydrogen) atoms. The van der Waals surface area contributed by atoms with E-state index in [4.69, 9.17) is 4.74 Å². The molecule has 1 amide bonds. The van der Waals surface area contributed by atoms with Crippen molar-refractivity contribution < 1.29 is 35.9 Å². The Morgan fingerprint density at radius 1 is 0.941 bits per heavy atom. The van der Waals surface area contributed by atoms with Gasteiger partial charge in [0.2, 0.25) is 0 Å². The lowest BCUT2D eigenvalue weighted by Gasteiger charge is -2.14. The van der Waals surface area contributed by atoms with Crippen LogP contribution in [0.25, 0.3) is 0 Å². The summed E-state index contributed by atoms with van der Waals surface area (Å²) in [6.45, 7) is 2.58. The molecule has 0 spiro atoms. The van der Waals surface area contributed by atoms with E-state index in [1.54, 1.807) is 0 Å². The summed E-state index contributed by atoms with van der Waals surface area (Å²) in [6.07, 6.45) is -1.34. The first-order chi connectivity index (χ1) is 16.0. The van der Waals surface area contributed by atoms with Gasteiger partial charge in [-0.25, -0.2) is 26.4 Å². The summed E-state index contributed by atoms with van der Waals surface area (Å²) < 4.78 is 73.0. The highest BCUT2D eigenvalue weighted by atomic mass is 32.2. The molecule has 0 saturated carbocycles. The van der Waals surface area contributed by atoms with Gasteiger partial charge in [0.15, 0.2) is 6.10 Å². The van der Waals surface area contributed by atoms with E-state index >= 15 is 0 Å². The number of amides is 1. The van der Waals surface area contributed by atoms with Gasteiger partial charge < -0.3 is 10.1 Å². The molecule has 0 aliphatic heterocycles. The van der Waals surface area contributed by atoms with Crippen molar-refractivity contribution in [1.29, 1.82) is 0 Å². The van der Waals surface area contributed by atoms with Gasteiger partial charge in [-0.1, -0.05) is 6.07 Å². The molecular formula is C23H19F3N2O5S. The molecule has 1 atom stereocenters. The number of ether oxygens (including phenoxy) is 1. The molecule has 0 heterocycles. The lowest BCUT2D eigenvalue weighted by Crippen LogP contribution is -2.30. The molecule has 7 nitrogen and oxygen atoms in total. The molecule has 178 valence electrons. The third-order valence-corrected chi connectivity index (χ3v) is 6.25. The Morgan fingerprint density at radius 2 is 1.62 bits per heavy atom. The fourth-order valence-electron chi connectivity index (χ4n) is 2.87. The average molecular weight is 492 g/mol. The minimum Gasteiger partial charge on any atom is -0.449 e. The predicted molar refractivity (Wildman–Crippen MR) is 118 cm³/mol. The molecule has 2 N–H and O–H groups in total. The molecule has 3 aromatic carbocycles. The van der Waals surface area contributed by atoms with Crippen molar-refractivity contribution in [3.63, 3.8) is 0 Å². The SMILES string of the molecule is Cc1c(F)cccc1S(=O)(=O)Nc1ccc(C(=O)OC(C)C(=O)Nc2cc(F)ccc2F)cc1. The van der Waals surface area contributed by atoms with Crippen LogP contribution in [0.5, 0.6) is 0 Å². The van der Waals surface area contributed by atoms with E-state index in [0.717, 1.165) is 24.3 Å². The van der Waals surface area contributed by atoms with Crippen LogP contribution in [0.1, 0.15) is 22.8 Å². The summed E-state index contributed by atoms with van der Waals surface area (Å²) >= 11 is 0. The van der Waals surface area contributed by atoms with E-state index in [9.17, 15) is 31.2 Å². The topological polar surface area (TPSA) is 102 Å². The Bertz CT molecular complexity index is 1350. The minimum absolute atomic E-state index is 0.00136. The van der Waals surface area contributed by atoms with Crippen molar-refractivity contribution in [2.24, 2.45) is 0 Å². The maximum atomic E-state index is 13.7. The summed E-state index contributed by atoms with van der Waals surface area (Å²) in [5.74, 6) is -4.07. The predicted octanol–water partition coefficient (Wildman–Crippen LogP) is 4.40. The summed E-state index contributed by atoms with van der Waals surface area (Å²) in [4.78, 5) is 24.2. The van der Waals surface area contributed by atoms with Gasteiger partial charge in [-0.3, -0.25) is 9.52 Å². The molecule has 0 saturated heterocycles. The van der Waals surface area contributed by atoms with E-state index in [1.165, 1.54) is 50.2 Å². The van der Waals surface area contributed by atoms with Crippen LogP contribution in [0, 0.1) is 24.4 Å². The number of benzene rings is 3. The highest BCUT2D eigenvalue weighted by Gasteiger charge is 2.22. The molecule has 3 rings (SSSR count). The number of sulfonamides is 1. The molecule has 1 unspecified atom stereocenters. The van der Waals surface area contributed by atoms with Crippen molar-refractivity contribution in [2.45, 2.75) is 24.8 Å². The maximum absolute atomic E-state index is 13.7. The van der Waals surface area contributed by atoms with Crippen molar-refractivity contribution in [2.75, 3.05) is 10.0 Å². The third-order valence-electron chi connectivity index (χ3n) is 4.72. The Morgan fingerprint density at radius 3 is 2.29 bits per heavy atom. The second-order valence-electron chi connectivity index (χ2n) is 7.21. The van der Waals surface area contributed by atoms with Crippen molar-refractivity contribution >= 4 is 33.3 Å². The molecule has 0 radical (unpaired) electrons. The van der Waals surface area contributed by atoms with Gasteiger partial charge in [-0.15, -0.1) is 0 Å². The van der Waals surface area contributed by atoms with E-state index < -0.39 is 51.1 Å². The lowest BCUT2D eigenvalue weighted by atomic mass is 10.2. The average Bonchev–Trinajstić information content (AvgIpc) is 2.78. The summed E-state index contributed by atoms with van der Waals surface area (Å²) in [5, 5.41) is 2.13. The maximum Gasteiger partial charge on any atom is 0.338 e. The molecule has 0 bridgehead atoms. The zero-order valence-electron chi connectivity index (χ0n) is 17.9. The van der Waals surface area contributed by atoms with Crippen molar-refractivity contribution in [3.8, 4) is 0 Å². The standard InChI is InChI=1S/C23H19F3N2O5S/c1-13-18(25)4-3-5-21(13)34(31,32)28-17-9-6-15(7-10-17)23(30)33-14(2)22(29)27-20-12-16(24)8-11-19(20)26/h3-12,14,28H,1-2H3,(H,27,29). The molecular weight excluding hydrogens is 473 g/mol. The largest absolute Gasteiger partial charge is 0.449 e. The Labute approximate surface area is 193 Å². The van der Waals surface area contributed by atoms with Crippen molar-refractivity contribution in [1.82, 2.24) is 0 Å². The Balaban J connectivity index is 1.65. The summed E-state index contributed by atoms with van der Waals surface area (Å²) in [5.41, 5.74) is -0.340. The van der Waals surface area contributed by atoms with Crippen LogP contribution in [0.4, 0.5) is 24.5 Å². The number of rotatable bonds is 7. The zero-order chi connectivity index (χ0) is 25.0. The van der Waals surface area contributed by atoms with Crippen LogP contribution in [0.2, 0.25) is 0 Å². The number of halogens is 3. The van der Waals surface area contributed by atoms with E-state index in [0.29, 0.717) is 0 Å². The minimum atomic E-state index is -4.08. The molecule has 0 aromatic heterocycles. The molecule has 0 aliphatic rings. The second kappa shape index (κ2) is 9.96. The normalized spacial score (nSPS) is 12.0. The van der Waals surface area contributed by atoms with Gasteiger partial charge in [0, 0.05) is 17.3 Å². The van der Waals surface area contributed by atoms with Gasteiger partial charge >= 0.3 is 5.97 Å². The van der Waals surface area contributed by atoms with Gasteiger partial charge in [-0.05, 0) is 62.4 Å². The van der Waals surface area contributed by atoms with Crippen LogP contribution < -0.4 is 10.0 Å². The van der Waals surface area contributed by atoms with Gasteiger partial charge in [0.1, 0.15) is 17.5 Å². The zero-order valence-corrected chi connectivity index (χ0v) is 18.8. The van der Waals surface area contributed by atoms with Crippen LogP contribution in [-0.4, -0.2) is 26.4 Å². The fraction of sp³-hybridized carbons (Fsp3) is 0.130. The van der Waals surface area contributed by atoms with E-state index in [2.05, 4.69) is 10.0 Å². The second-order valence-corrected chi connectivity index (χ2v) is 8.86. The highest BCUT2D eigenvalue weighted by molar-refractivity contribution is 7.92. The first-order valence-electron chi connectivity index (χ1n) is 9.83. The monoisotopic (exact) mass is 492 g/mol. The van der Waals surface area contributed by atoms with Gasteiger partial charge in [0.05, 0.1) is 16.1 Å². The Kier molecular flexibility index (Phi) is 7.26. The number of carbonyl (C=O) groups excluding carboxylic acids is 2. The van der Waals surface area contributed by atoms with E-state index in [-0.39, 0.29) is 21.7 Å². The Hall–Kier alpha value is -3.86. The number of carbonyl (C=O) groups is 2. The number of hydrogen-bond acceptors (Lipinski definition) is 5. The van der Waals surface area contributed by atoms with E-state index in [1.807, 2.05) is 0 Å². The molecule has 11 heteroatoms. The van der Waals surface area contributed by atoms with Crippen LogP contribution in [-0.2, 0) is 19.6 Å². The number of esters is 1. The van der Waals surface area contributed by atoms with Crippen LogP contribution in [0.15, 0.2) is 65.6 Å². The lowest BCUT2D eigenvalue weighted by molar-refractivity contribution is -0.123. The van der Waals surface area contributed by atoms with Crippen LogP contribution in [0.3, 0.4) is 0 Å². The summed E-state index contributed by atoms with van der Waals surface area (Å²) in [7, 11) is -4.08. The molecule has 0 aliphatic carbocycles. The van der Waals surface area contributed by atoms with Crippen LogP contribution >= 0.6 is 0 Å². The van der Waals surface area contributed by atoms with Crippen molar-refractivity contribution in [3.05, 3.63) is 89.2 Å². The number of anilines is 2. The first-order valence-corrected chi connectivity index (χ1v) is 11.3. The number of nitrogens with one attached hydrogen (secondary N) is 2. The molecule has 0 fully saturated rings. The third kappa shape index (κ3) is 5.73. The molecule has 3 aromatic rings. The smallest absolute Gasteiger partial charge is 0.338 e. The quantitative estimate of drug-likeness (QED) is 0.476. The number of hydrogen-bond donors (Lipinski definition) is 2. The summed E-state index contributed by atoms with van der Waals surface area (Å²) in [6, 6.07) is 11.3.